The van der Waals surface area contributed by atoms with Crippen LogP contribution in [-0.2, 0) is 19.7 Å². The highest BCUT2D eigenvalue weighted by Crippen LogP contribution is 2.18. The fourth-order valence-electron chi connectivity index (χ4n) is 1.66. The molecule has 1 aromatic rings. The minimum atomic E-state index is -2.34. The third kappa shape index (κ3) is 3.99. The van der Waals surface area contributed by atoms with E-state index in [0.29, 0.717) is 0 Å². The fraction of sp³-hybridized carbons (Fsp3) is 0.636. The van der Waals surface area contributed by atoms with Crippen molar-refractivity contribution in [2.75, 3.05) is 21.3 Å². The molecule has 0 aliphatic carbocycles. The Balaban J connectivity index is 2.23. The lowest BCUT2D eigenvalue weighted by molar-refractivity contribution is 0.123. The lowest BCUT2D eigenvalue weighted by atomic mass is 10.2. The molecule has 5 heteroatoms. The first-order valence-corrected chi connectivity index (χ1v) is 8.30. The summed E-state index contributed by atoms with van der Waals surface area (Å²) in [5, 5.41) is 4.32. The fourth-order valence-corrected chi connectivity index (χ4v) is 4.16. The van der Waals surface area contributed by atoms with Gasteiger partial charge in [0.2, 0.25) is 0 Å². The van der Waals surface area contributed by atoms with E-state index in [1.54, 1.807) is 32.7 Å². The van der Waals surface area contributed by atoms with Crippen LogP contribution in [0.5, 0.6) is 0 Å². The summed E-state index contributed by atoms with van der Waals surface area (Å²) in [4.78, 5) is 0. The molecule has 0 spiro atoms. The Morgan fingerprint density at radius 2 is 1.81 bits per heavy atom. The predicted molar refractivity (Wildman–Crippen MR) is 68.8 cm³/mol. The number of thiophene rings is 1. The van der Waals surface area contributed by atoms with Gasteiger partial charge >= 0.3 is 8.80 Å². The average molecular weight is 260 g/mol. The van der Waals surface area contributed by atoms with Crippen LogP contribution in [0.3, 0.4) is 0 Å². The minimum Gasteiger partial charge on any atom is -0.377 e. The molecule has 0 aliphatic rings. The van der Waals surface area contributed by atoms with Gasteiger partial charge < -0.3 is 13.3 Å². The third-order valence-electron chi connectivity index (χ3n) is 2.71. The van der Waals surface area contributed by atoms with Gasteiger partial charge in [-0.3, -0.25) is 0 Å². The second-order valence-electron chi connectivity index (χ2n) is 3.63. The van der Waals surface area contributed by atoms with Crippen LogP contribution in [0.15, 0.2) is 16.8 Å². The highest BCUT2D eigenvalue weighted by molar-refractivity contribution is 7.07. The highest BCUT2D eigenvalue weighted by atomic mass is 32.1. The first kappa shape index (κ1) is 13.9. The van der Waals surface area contributed by atoms with Gasteiger partial charge in [0.25, 0.3) is 0 Å². The molecule has 0 bridgehead atoms. The highest BCUT2D eigenvalue weighted by Gasteiger charge is 2.36. The van der Waals surface area contributed by atoms with Crippen molar-refractivity contribution in [2.24, 2.45) is 0 Å². The summed E-state index contributed by atoms with van der Waals surface area (Å²) in [6, 6.07) is 3.07. The van der Waals surface area contributed by atoms with Crippen molar-refractivity contribution >= 4 is 20.1 Å². The van der Waals surface area contributed by atoms with Crippen LogP contribution in [-0.4, -0.2) is 30.1 Å². The summed E-state index contributed by atoms with van der Waals surface area (Å²) in [5.74, 6) is 0. The van der Waals surface area contributed by atoms with Gasteiger partial charge in [0.1, 0.15) is 0 Å². The summed E-state index contributed by atoms with van der Waals surface area (Å²) in [5.41, 5.74) is 1.42. The van der Waals surface area contributed by atoms with Crippen LogP contribution < -0.4 is 0 Å². The van der Waals surface area contributed by atoms with Gasteiger partial charge in [-0.2, -0.15) is 11.3 Å². The molecular formula is C11H20O3SSi. The molecule has 3 nitrogen and oxygen atoms in total. The molecule has 16 heavy (non-hydrogen) atoms. The van der Waals surface area contributed by atoms with Crippen LogP contribution in [0.4, 0.5) is 0 Å². The van der Waals surface area contributed by atoms with Gasteiger partial charge in [-0.1, -0.05) is 0 Å². The molecule has 0 amide bonds. The zero-order valence-corrected chi connectivity index (χ0v) is 12.0. The van der Waals surface area contributed by atoms with Crippen molar-refractivity contribution in [1.82, 2.24) is 0 Å². The second-order valence-corrected chi connectivity index (χ2v) is 7.50. The molecule has 1 rings (SSSR count). The molecule has 0 N–H and O–H groups in total. The molecular weight excluding hydrogens is 240 g/mol. The number of hydrogen-bond acceptors (Lipinski definition) is 4. The molecule has 0 aliphatic heterocycles. The van der Waals surface area contributed by atoms with E-state index in [0.717, 1.165) is 25.3 Å². The molecule has 0 atom stereocenters. The van der Waals surface area contributed by atoms with Crippen LogP contribution in [0.1, 0.15) is 18.4 Å². The molecule has 0 fully saturated rings. The van der Waals surface area contributed by atoms with Crippen molar-refractivity contribution in [3.8, 4) is 0 Å². The number of hydrogen-bond donors (Lipinski definition) is 0. The zero-order valence-electron chi connectivity index (χ0n) is 10.2. The van der Waals surface area contributed by atoms with Crippen LogP contribution >= 0.6 is 11.3 Å². The van der Waals surface area contributed by atoms with Gasteiger partial charge in [-0.05, 0) is 41.7 Å². The van der Waals surface area contributed by atoms with Crippen molar-refractivity contribution in [2.45, 2.75) is 25.3 Å². The van der Waals surface area contributed by atoms with Gasteiger partial charge in [0, 0.05) is 27.4 Å². The Labute approximate surface area is 103 Å². The molecule has 0 unspecified atom stereocenters. The first-order chi connectivity index (χ1) is 7.76. The molecule has 1 aromatic heterocycles. The van der Waals surface area contributed by atoms with Gasteiger partial charge in [0.05, 0.1) is 0 Å². The minimum absolute atomic E-state index is 0.890. The van der Waals surface area contributed by atoms with E-state index in [9.17, 15) is 0 Å². The summed E-state index contributed by atoms with van der Waals surface area (Å²) in [6.45, 7) is 0. The predicted octanol–water partition coefficient (Wildman–Crippen LogP) is 2.95. The summed E-state index contributed by atoms with van der Waals surface area (Å²) in [6.07, 6.45) is 3.37. The maximum absolute atomic E-state index is 5.37. The summed E-state index contributed by atoms with van der Waals surface area (Å²) in [7, 11) is 2.66. The van der Waals surface area contributed by atoms with E-state index in [2.05, 4.69) is 16.8 Å². The van der Waals surface area contributed by atoms with E-state index in [4.69, 9.17) is 13.3 Å². The van der Waals surface area contributed by atoms with Gasteiger partial charge in [-0.25, -0.2) is 0 Å². The first-order valence-electron chi connectivity index (χ1n) is 5.43. The van der Waals surface area contributed by atoms with Crippen molar-refractivity contribution < 1.29 is 13.3 Å². The van der Waals surface area contributed by atoms with Crippen LogP contribution in [0.25, 0.3) is 0 Å². The van der Waals surface area contributed by atoms with Crippen molar-refractivity contribution in [1.29, 1.82) is 0 Å². The van der Waals surface area contributed by atoms with E-state index in [1.807, 2.05) is 0 Å². The van der Waals surface area contributed by atoms with E-state index in [1.165, 1.54) is 5.56 Å². The van der Waals surface area contributed by atoms with Crippen LogP contribution in [0.2, 0.25) is 6.04 Å². The molecule has 0 aromatic carbocycles. The molecule has 92 valence electrons. The maximum atomic E-state index is 5.37. The second kappa shape index (κ2) is 7.19. The lowest BCUT2D eigenvalue weighted by Gasteiger charge is -2.24. The van der Waals surface area contributed by atoms with Crippen molar-refractivity contribution in [3.63, 3.8) is 0 Å². The average Bonchev–Trinajstić information content (AvgIpc) is 2.83. The van der Waals surface area contributed by atoms with Crippen molar-refractivity contribution in [3.05, 3.63) is 22.4 Å². The SMILES string of the molecule is CO[Si](CCCCc1ccsc1)(OC)OC. The number of unbranched alkanes of at least 4 members (excludes halogenated alkanes) is 1. The Morgan fingerprint density at radius 3 is 2.31 bits per heavy atom. The van der Waals surface area contributed by atoms with Gasteiger partial charge in [-0.15, -0.1) is 0 Å². The standard InChI is InChI=1S/C11H20O3SSi/c1-12-16(13-2,14-3)9-5-4-6-11-7-8-15-10-11/h7-8,10H,4-6,9H2,1-3H3. The lowest BCUT2D eigenvalue weighted by Crippen LogP contribution is -2.42. The summed E-state index contributed by atoms with van der Waals surface area (Å²) >= 11 is 1.75. The Kier molecular flexibility index (Phi) is 6.23. The quantitative estimate of drug-likeness (QED) is 0.531. The normalized spacial score (nSPS) is 11.9. The Bertz CT molecular complexity index is 265. The monoisotopic (exact) mass is 260 g/mol. The topological polar surface area (TPSA) is 27.7 Å². The Morgan fingerprint density at radius 1 is 1.12 bits per heavy atom. The zero-order chi connectivity index (χ0) is 11.9. The molecule has 1 heterocycles. The van der Waals surface area contributed by atoms with E-state index < -0.39 is 8.80 Å². The van der Waals surface area contributed by atoms with Gasteiger partial charge in [0.15, 0.2) is 0 Å². The third-order valence-corrected chi connectivity index (χ3v) is 6.28. The smallest absolute Gasteiger partial charge is 0.377 e. The summed E-state index contributed by atoms with van der Waals surface area (Å²) < 4.78 is 16.1. The number of aryl methyl sites for hydroxylation is 1. The molecule has 0 saturated carbocycles. The molecule has 0 radical (unpaired) electrons. The maximum Gasteiger partial charge on any atom is 0.500 e. The Hall–Kier alpha value is -0.203. The largest absolute Gasteiger partial charge is 0.500 e. The molecule has 0 saturated heterocycles. The van der Waals surface area contributed by atoms with E-state index in [-0.39, 0.29) is 0 Å². The number of rotatable bonds is 8. The van der Waals surface area contributed by atoms with E-state index >= 15 is 0 Å². The van der Waals surface area contributed by atoms with Crippen LogP contribution in [0, 0.1) is 0 Å².